The molecule has 4 heterocycles. The molecule has 9 heteroatoms. The Kier molecular flexibility index (Phi) is 8.07. The van der Waals surface area contributed by atoms with Gasteiger partial charge in [-0.3, -0.25) is 9.59 Å². The van der Waals surface area contributed by atoms with Crippen LogP contribution in [0.2, 0.25) is 0 Å². The van der Waals surface area contributed by atoms with Crippen LogP contribution in [0.4, 0.5) is 0 Å². The predicted octanol–water partition coefficient (Wildman–Crippen LogP) is 6.73. The van der Waals surface area contributed by atoms with E-state index < -0.39 is 0 Å². The number of amides is 2. The van der Waals surface area contributed by atoms with Crippen LogP contribution in [-0.2, 0) is 11.3 Å². The molecule has 2 bridgehead atoms. The molecule has 2 aromatic heterocycles. The highest BCUT2D eigenvalue weighted by molar-refractivity contribution is 6.00. The minimum absolute atomic E-state index is 0.0142. The standard InChI is InChI=1S/C37H48N6O3/c1-23-24-11-12-25-20-31(42(30(25)19-24)17-8-6-5-7-15-37(2,3)36(45)39-23)34-40-29-18-26(35(44)41-16-9-10-27(38)22-41)21-32(46-4)33(29)43(34)28-13-14-28/h11-12,18-21,23,27-28H,5-10,13-17,22,38H2,1-4H3,(H,39,45)/t23-,27-/m1/s1. The molecule has 3 aliphatic rings. The van der Waals surface area contributed by atoms with Crippen LogP contribution in [0.3, 0.4) is 0 Å². The third-order valence-corrected chi connectivity index (χ3v) is 10.4. The fraction of sp³-hybridized carbons (Fsp3) is 0.541. The molecule has 3 N–H and O–H groups in total. The van der Waals surface area contributed by atoms with Crippen LogP contribution in [0.1, 0.15) is 107 Å². The number of nitrogens with zero attached hydrogens (tertiary/aromatic N) is 4. The van der Waals surface area contributed by atoms with E-state index in [0.29, 0.717) is 23.9 Å². The smallest absolute Gasteiger partial charge is 0.254 e. The van der Waals surface area contributed by atoms with Crippen molar-refractivity contribution in [3.8, 4) is 17.3 Å². The molecule has 4 aromatic rings. The summed E-state index contributed by atoms with van der Waals surface area (Å²) in [5.41, 5.74) is 11.5. The van der Waals surface area contributed by atoms with Crippen molar-refractivity contribution < 1.29 is 14.3 Å². The number of hydrogen-bond acceptors (Lipinski definition) is 5. The molecule has 0 unspecified atom stereocenters. The summed E-state index contributed by atoms with van der Waals surface area (Å²) in [7, 11) is 1.68. The Hall–Kier alpha value is -3.85. The Labute approximate surface area is 271 Å². The molecule has 7 rings (SSSR count). The summed E-state index contributed by atoms with van der Waals surface area (Å²) in [5.74, 6) is 1.70. The highest BCUT2D eigenvalue weighted by atomic mass is 16.5. The molecule has 2 aromatic carbocycles. The number of likely N-dealkylation sites (tertiary alicyclic amines) is 1. The van der Waals surface area contributed by atoms with Crippen molar-refractivity contribution in [2.24, 2.45) is 11.1 Å². The van der Waals surface area contributed by atoms with Gasteiger partial charge in [-0.2, -0.15) is 0 Å². The minimum atomic E-state index is -0.385. The summed E-state index contributed by atoms with van der Waals surface area (Å²) in [6.45, 7) is 8.37. The number of methoxy groups -OCH3 is 1. The highest BCUT2D eigenvalue weighted by Gasteiger charge is 2.33. The first-order valence-electron chi connectivity index (χ1n) is 17.2. The van der Waals surface area contributed by atoms with Crippen molar-refractivity contribution >= 4 is 33.8 Å². The number of carbonyl (C=O) groups excluding carboxylic acids is 2. The maximum absolute atomic E-state index is 13.7. The lowest BCUT2D eigenvalue weighted by Gasteiger charge is -2.30. The Morgan fingerprint density at radius 1 is 1.02 bits per heavy atom. The Balaban J connectivity index is 1.35. The van der Waals surface area contributed by atoms with E-state index in [0.717, 1.165) is 110 Å². The number of nitrogens with two attached hydrogens (primary N) is 1. The third-order valence-electron chi connectivity index (χ3n) is 10.4. The fourth-order valence-electron chi connectivity index (χ4n) is 7.47. The van der Waals surface area contributed by atoms with Gasteiger partial charge in [0.05, 0.1) is 24.4 Å². The summed E-state index contributed by atoms with van der Waals surface area (Å²) >= 11 is 0. The van der Waals surface area contributed by atoms with Gasteiger partial charge in [0, 0.05) is 53.6 Å². The number of aryl methyl sites for hydroxylation is 1. The monoisotopic (exact) mass is 624 g/mol. The number of carbonyl (C=O) groups is 2. The first-order valence-corrected chi connectivity index (χ1v) is 17.2. The van der Waals surface area contributed by atoms with Crippen molar-refractivity contribution in [2.75, 3.05) is 20.2 Å². The quantitative estimate of drug-likeness (QED) is 0.262. The molecule has 2 fully saturated rings. The van der Waals surface area contributed by atoms with Gasteiger partial charge in [-0.05, 0) is 75.3 Å². The summed E-state index contributed by atoms with van der Waals surface area (Å²) in [5, 5.41) is 4.45. The molecule has 0 radical (unpaired) electrons. The van der Waals surface area contributed by atoms with Crippen molar-refractivity contribution in [3.05, 3.63) is 47.5 Å². The molecule has 244 valence electrons. The molecule has 46 heavy (non-hydrogen) atoms. The van der Waals surface area contributed by atoms with E-state index in [1.54, 1.807) is 7.11 Å². The number of rotatable bonds is 4. The number of fused-ring (bicyclic) bond motifs is 2. The molecule has 1 aliphatic carbocycles. The van der Waals surface area contributed by atoms with E-state index in [2.05, 4.69) is 59.5 Å². The lowest BCUT2D eigenvalue weighted by molar-refractivity contribution is -0.130. The van der Waals surface area contributed by atoms with Crippen LogP contribution in [-0.4, -0.2) is 57.1 Å². The largest absolute Gasteiger partial charge is 0.494 e. The van der Waals surface area contributed by atoms with Crippen LogP contribution >= 0.6 is 0 Å². The van der Waals surface area contributed by atoms with E-state index in [-0.39, 0.29) is 29.3 Å². The average Bonchev–Trinajstić information content (AvgIpc) is 3.71. The van der Waals surface area contributed by atoms with Crippen LogP contribution in [0, 0.1) is 5.41 Å². The van der Waals surface area contributed by atoms with E-state index in [9.17, 15) is 9.59 Å². The molecule has 1 saturated carbocycles. The Morgan fingerprint density at radius 3 is 2.59 bits per heavy atom. The zero-order valence-electron chi connectivity index (χ0n) is 27.8. The van der Waals surface area contributed by atoms with E-state index in [1.807, 2.05) is 17.0 Å². The molecule has 2 amide bonds. The number of hydrogen-bond donors (Lipinski definition) is 2. The highest BCUT2D eigenvalue weighted by Crippen LogP contribution is 2.45. The SMILES string of the molecule is COc1cc(C(=O)N2CCC[C@@H](N)C2)cc2nc(-c3cc4ccc5cc4n3CCCCCCC(C)(C)C(=O)N[C@@H]5C)n(C3CC3)c12. The van der Waals surface area contributed by atoms with Gasteiger partial charge in [-0.1, -0.05) is 45.2 Å². The fourth-order valence-corrected chi connectivity index (χ4v) is 7.47. The third kappa shape index (κ3) is 5.67. The first-order chi connectivity index (χ1) is 22.1. The lowest BCUT2D eigenvalue weighted by atomic mass is 9.85. The van der Waals surface area contributed by atoms with Gasteiger partial charge in [0.1, 0.15) is 11.3 Å². The molecule has 2 aliphatic heterocycles. The van der Waals surface area contributed by atoms with Crippen LogP contribution in [0.15, 0.2) is 36.4 Å². The summed E-state index contributed by atoms with van der Waals surface area (Å²) < 4.78 is 10.8. The second-order valence-electron chi connectivity index (χ2n) is 14.5. The number of imidazole rings is 1. The van der Waals surface area contributed by atoms with Gasteiger partial charge in [0.15, 0.2) is 5.82 Å². The maximum Gasteiger partial charge on any atom is 0.254 e. The number of aromatic nitrogens is 3. The minimum Gasteiger partial charge on any atom is -0.494 e. The number of ether oxygens (including phenoxy) is 1. The molecule has 9 nitrogen and oxygen atoms in total. The molecular weight excluding hydrogens is 576 g/mol. The predicted molar refractivity (Wildman–Crippen MR) is 182 cm³/mol. The zero-order valence-corrected chi connectivity index (χ0v) is 27.8. The maximum atomic E-state index is 13.7. The summed E-state index contributed by atoms with van der Waals surface area (Å²) in [4.78, 5) is 34.0. The van der Waals surface area contributed by atoms with Crippen LogP contribution in [0.25, 0.3) is 33.5 Å². The topological polar surface area (TPSA) is 107 Å². The Morgan fingerprint density at radius 2 is 1.83 bits per heavy atom. The molecule has 0 spiro atoms. The lowest BCUT2D eigenvalue weighted by Crippen LogP contribution is -2.45. The number of piperidine rings is 1. The molecule has 1 saturated heterocycles. The van der Waals surface area contributed by atoms with Gasteiger partial charge in [0.25, 0.3) is 5.91 Å². The van der Waals surface area contributed by atoms with Gasteiger partial charge in [-0.15, -0.1) is 0 Å². The molecular formula is C37H48N6O3. The van der Waals surface area contributed by atoms with E-state index in [1.165, 1.54) is 0 Å². The second kappa shape index (κ2) is 12.1. The van der Waals surface area contributed by atoms with Gasteiger partial charge < -0.3 is 29.8 Å². The van der Waals surface area contributed by atoms with Crippen molar-refractivity contribution in [1.29, 1.82) is 0 Å². The average molecular weight is 625 g/mol. The van der Waals surface area contributed by atoms with Crippen LogP contribution < -0.4 is 15.8 Å². The van der Waals surface area contributed by atoms with Crippen molar-refractivity contribution in [3.63, 3.8) is 0 Å². The number of benzene rings is 2. The van der Waals surface area contributed by atoms with Gasteiger partial charge >= 0.3 is 0 Å². The number of nitrogens with one attached hydrogen (secondary N) is 1. The molecule has 2 atom stereocenters. The normalized spacial score (nSPS) is 22.6. The summed E-state index contributed by atoms with van der Waals surface area (Å²) in [6.07, 6.45) is 9.21. The van der Waals surface area contributed by atoms with E-state index >= 15 is 0 Å². The summed E-state index contributed by atoms with van der Waals surface area (Å²) in [6, 6.07) is 12.9. The van der Waals surface area contributed by atoms with Crippen LogP contribution in [0.5, 0.6) is 5.75 Å². The second-order valence-corrected chi connectivity index (χ2v) is 14.5. The van der Waals surface area contributed by atoms with Crippen molar-refractivity contribution in [2.45, 2.75) is 103 Å². The van der Waals surface area contributed by atoms with Crippen molar-refractivity contribution in [1.82, 2.24) is 24.3 Å². The van der Waals surface area contributed by atoms with E-state index in [4.69, 9.17) is 15.5 Å². The first kappa shape index (κ1) is 30.8. The Bertz CT molecular complexity index is 1800. The van der Waals surface area contributed by atoms with Gasteiger partial charge in [-0.25, -0.2) is 4.98 Å². The van der Waals surface area contributed by atoms with Gasteiger partial charge in [0.2, 0.25) is 5.91 Å². The zero-order chi connectivity index (χ0) is 32.2.